The topological polar surface area (TPSA) is 62.5 Å². The Balaban J connectivity index is 1.91. The SMILES string of the molecule is CC(CC(O)c1ccco1)NC(=O)c1cccc(Cl)c1. The lowest BCUT2D eigenvalue weighted by molar-refractivity contribution is 0.0903. The molecule has 2 aromatic rings. The Kier molecular flexibility index (Phi) is 4.82. The molecule has 0 aliphatic heterocycles. The quantitative estimate of drug-likeness (QED) is 0.890. The summed E-state index contributed by atoms with van der Waals surface area (Å²) in [7, 11) is 0. The number of rotatable bonds is 5. The minimum atomic E-state index is -0.736. The summed E-state index contributed by atoms with van der Waals surface area (Å²) in [5, 5.41) is 13.3. The molecule has 0 fully saturated rings. The molecule has 0 radical (unpaired) electrons. The van der Waals surface area contributed by atoms with E-state index in [1.54, 1.807) is 36.4 Å². The first-order valence-electron chi connectivity index (χ1n) is 6.34. The summed E-state index contributed by atoms with van der Waals surface area (Å²) in [6.45, 7) is 1.83. The first-order chi connectivity index (χ1) is 9.56. The van der Waals surface area contributed by atoms with Crippen molar-refractivity contribution in [3.63, 3.8) is 0 Å². The maximum Gasteiger partial charge on any atom is 0.251 e. The Morgan fingerprint density at radius 2 is 2.20 bits per heavy atom. The lowest BCUT2D eigenvalue weighted by Gasteiger charge is -2.16. The van der Waals surface area contributed by atoms with Crippen LogP contribution in [0.4, 0.5) is 0 Å². The molecule has 20 heavy (non-hydrogen) atoms. The van der Waals surface area contributed by atoms with Crippen LogP contribution in [0.3, 0.4) is 0 Å². The second-order valence-corrected chi connectivity index (χ2v) is 5.09. The highest BCUT2D eigenvalue weighted by atomic mass is 35.5. The summed E-state index contributed by atoms with van der Waals surface area (Å²) in [4.78, 5) is 12.0. The van der Waals surface area contributed by atoms with Gasteiger partial charge < -0.3 is 14.8 Å². The van der Waals surface area contributed by atoms with Crippen molar-refractivity contribution < 1.29 is 14.3 Å². The molecule has 2 N–H and O–H groups in total. The van der Waals surface area contributed by atoms with Crippen LogP contribution in [0.1, 0.15) is 35.6 Å². The highest BCUT2D eigenvalue weighted by molar-refractivity contribution is 6.30. The highest BCUT2D eigenvalue weighted by Crippen LogP contribution is 2.18. The van der Waals surface area contributed by atoms with E-state index in [-0.39, 0.29) is 11.9 Å². The van der Waals surface area contributed by atoms with Gasteiger partial charge in [0.2, 0.25) is 0 Å². The third-order valence-corrected chi connectivity index (χ3v) is 3.15. The number of aliphatic hydroxyl groups is 1. The van der Waals surface area contributed by atoms with Crippen molar-refractivity contribution in [3.8, 4) is 0 Å². The number of hydrogen-bond donors (Lipinski definition) is 2. The van der Waals surface area contributed by atoms with Gasteiger partial charge in [0.05, 0.1) is 6.26 Å². The number of amides is 1. The van der Waals surface area contributed by atoms with E-state index in [2.05, 4.69) is 5.32 Å². The van der Waals surface area contributed by atoms with Crippen molar-refractivity contribution in [1.29, 1.82) is 0 Å². The van der Waals surface area contributed by atoms with E-state index in [1.807, 2.05) is 6.92 Å². The van der Waals surface area contributed by atoms with Gasteiger partial charge in [-0.3, -0.25) is 4.79 Å². The molecular formula is C15H16ClNO3. The van der Waals surface area contributed by atoms with Crippen LogP contribution in [-0.4, -0.2) is 17.1 Å². The third kappa shape index (κ3) is 3.85. The Hall–Kier alpha value is -1.78. The van der Waals surface area contributed by atoms with Crippen molar-refractivity contribution >= 4 is 17.5 Å². The van der Waals surface area contributed by atoms with Gasteiger partial charge in [0.15, 0.2) is 0 Å². The molecule has 106 valence electrons. The molecule has 0 spiro atoms. The number of furan rings is 1. The molecule has 2 rings (SSSR count). The Bertz CT molecular complexity index is 568. The van der Waals surface area contributed by atoms with Gasteiger partial charge in [-0.1, -0.05) is 17.7 Å². The van der Waals surface area contributed by atoms with Crippen LogP contribution in [0.5, 0.6) is 0 Å². The van der Waals surface area contributed by atoms with Crippen LogP contribution in [0.25, 0.3) is 0 Å². The van der Waals surface area contributed by atoms with E-state index in [1.165, 1.54) is 6.26 Å². The van der Waals surface area contributed by atoms with Gasteiger partial charge in [0.1, 0.15) is 11.9 Å². The minimum absolute atomic E-state index is 0.193. The van der Waals surface area contributed by atoms with Crippen molar-refractivity contribution in [3.05, 3.63) is 59.0 Å². The number of carbonyl (C=O) groups is 1. The van der Waals surface area contributed by atoms with Gasteiger partial charge in [-0.25, -0.2) is 0 Å². The molecule has 0 bridgehead atoms. The van der Waals surface area contributed by atoms with Crippen molar-refractivity contribution in [2.24, 2.45) is 0 Å². The molecule has 2 unspecified atom stereocenters. The molecule has 1 aromatic heterocycles. The van der Waals surface area contributed by atoms with E-state index in [4.69, 9.17) is 16.0 Å². The average Bonchev–Trinajstić information content (AvgIpc) is 2.92. The third-order valence-electron chi connectivity index (χ3n) is 2.91. The summed E-state index contributed by atoms with van der Waals surface area (Å²) in [6.07, 6.45) is 1.15. The Labute approximate surface area is 122 Å². The zero-order valence-corrected chi connectivity index (χ0v) is 11.8. The monoisotopic (exact) mass is 293 g/mol. The van der Waals surface area contributed by atoms with Gasteiger partial charge in [-0.05, 0) is 37.3 Å². The fourth-order valence-corrected chi connectivity index (χ4v) is 2.12. The first kappa shape index (κ1) is 14.6. The largest absolute Gasteiger partial charge is 0.467 e. The predicted molar refractivity (Wildman–Crippen MR) is 76.7 cm³/mol. The lowest BCUT2D eigenvalue weighted by atomic mass is 10.1. The second-order valence-electron chi connectivity index (χ2n) is 4.65. The minimum Gasteiger partial charge on any atom is -0.467 e. The number of nitrogens with one attached hydrogen (secondary N) is 1. The molecule has 4 nitrogen and oxygen atoms in total. The number of aliphatic hydroxyl groups excluding tert-OH is 1. The van der Waals surface area contributed by atoms with E-state index in [0.29, 0.717) is 22.8 Å². The summed E-state index contributed by atoms with van der Waals surface area (Å²) in [6, 6.07) is 9.96. The summed E-state index contributed by atoms with van der Waals surface area (Å²) < 4.78 is 5.12. The molecule has 1 amide bonds. The van der Waals surface area contributed by atoms with Crippen LogP contribution in [0.15, 0.2) is 47.1 Å². The highest BCUT2D eigenvalue weighted by Gasteiger charge is 2.17. The second kappa shape index (κ2) is 6.59. The molecule has 0 aliphatic rings. The maximum absolute atomic E-state index is 12.0. The van der Waals surface area contributed by atoms with Crippen LogP contribution in [0, 0.1) is 0 Å². The number of benzene rings is 1. The molecule has 2 atom stereocenters. The molecule has 5 heteroatoms. The lowest BCUT2D eigenvalue weighted by Crippen LogP contribution is -2.33. The summed E-state index contributed by atoms with van der Waals surface area (Å²) >= 11 is 5.84. The van der Waals surface area contributed by atoms with Gasteiger partial charge in [0.25, 0.3) is 5.91 Å². The first-order valence-corrected chi connectivity index (χ1v) is 6.72. The zero-order chi connectivity index (χ0) is 14.5. The van der Waals surface area contributed by atoms with Gasteiger partial charge in [-0.2, -0.15) is 0 Å². The summed E-state index contributed by atoms with van der Waals surface area (Å²) in [5.74, 6) is 0.278. The fourth-order valence-electron chi connectivity index (χ4n) is 1.93. The molecule has 0 saturated heterocycles. The van der Waals surface area contributed by atoms with Crippen molar-refractivity contribution in [2.45, 2.75) is 25.5 Å². The van der Waals surface area contributed by atoms with Crippen LogP contribution in [-0.2, 0) is 0 Å². The number of carbonyl (C=O) groups excluding carboxylic acids is 1. The standard InChI is InChI=1S/C15H16ClNO3/c1-10(8-13(18)14-6-3-7-20-14)17-15(19)11-4-2-5-12(16)9-11/h2-7,9-10,13,18H,8H2,1H3,(H,17,19). The van der Waals surface area contributed by atoms with Gasteiger partial charge in [-0.15, -0.1) is 0 Å². The molecule has 1 aromatic carbocycles. The van der Waals surface area contributed by atoms with E-state index >= 15 is 0 Å². The Morgan fingerprint density at radius 1 is 1.40 bits per heavy atom. The van der Waals surface area contributed by atoms with E-state index in [9.17, 15) is 9.90 Å². The van der Waals surface area contributed by atoms with Gasteiger partial charge >= 0.3 is 0 Å². The van der Waals surface area contributed by atoms with Crippen LogP contribution < -0.4 is 5.32 Å². The van der Waals surface area contributed by atoms with Crippen molar-refractivity contribution in [2.75, 3.05) is 0 Å². The number of hydrogen-bond acceptors (Lipinski definition) is 3. The average molecular weight is 294 g/mol. The zero-order valence-electron chi connectivity index (χ0n) is 11.0. The van der Waals surface area contributed by atoms with Crippen LogP contribution in [0.2, 0.25) is 5.02 Å². The maximum atomic E-state index is 12.0. The van der Waals surface area contributed by atoms with Crippen molar-refractivity contribution in [1.82, 2.24) is 5.32 Å². The molecule has 0 saturated carbocycles. The van der Waals surface area contributed by atoms with Crippen LogP contribution >= 0.6 is 11.6 Å². The smallest absolute Gasteiger partial charge is 0.251 e. The molecule has 0 aliphatic carbocycles. The summed E-state index contributed by atoms with van der Waals surface area (Å²) in [5.41, 5.74) is 0.497. The van der Waals surface area contributed by atoms with E-state index in [0.717, 1.165) is 0 Å². The van der Waals surface area contributed by atoms with E-state index < -0.39 is 6.10 Å². The van der Waals surface area contributed by atoms with Gasteiger partial charge in [0, 0.05) is 23.0 Å². The molecule has 1 heterocycles. The number of halogens is 1. The molecular weight excluding hydrogens is 278 g/mol. The Morgan fingerprint density at radius 3 is 2.85 bits per heavy atom. The normalized spacial score (nSPS) is 13.8. The predicted octanol–water partition coefficient (Wildman–Crippen LogP) is 3.18. The fraction of sp³-hybridized carbons (Fsp3) is 0.267.